The molecule has 0 saturated carbocycles. The first kappa shape index (κ1) is 23.7. The highest BCUT2D eigenvalue weighted by Crippen LogP contribution is 2.17. The van der Waals surface area contributed by atoms with Gasteiger partial charge in [0.15, 0.2) is 5.96 Å². The van der Waals surface area contributed by atoms with Crippen LogP contribution < -0.4 is 15.4 Å². The van der Waals surface area contributed by atoms with E-state index < -0.39 is 0 Å². The molecule has 0 heterocycles. The Morgan fingerprint density at radius 3 is 2.39 bits per heavy atom. The van der Waals surface area contributed by atoms with Gasteiger partial charge in [-0.15, -0.1) is 24.0 Å². The van der Waals surface area contributed by atoms with Crippen molar-refractivity contribution in [3.05, 3.63) is 65.2 Å². The van der Waals surface area contributed by atoms with Crippen molar-refractivity contribution in [3.63, 3.8) is 0 Å². The minimum Gasteiger partial charge on any atom is -0.496 e. The van der Waals surface area contributed by atoms with Gasteiger partial charge in [0.05, 0.1) is 26.3 Å². The van der Waals surface area contributed by atoms with E-state index in [1.807, 2.05) is 43.3 Å². The molecule has 0 saturated heterocycles. The molecule has 152 valence electrons. The summed E-state index contributed by atoms with van der Waals surface area (Å²) in [4.78, 5) is 16.1. The molecule has 0 fully saturated rings. The first-order chi connectivity index (χ1) is 13.2. The zero-order valence-electron chi connectivity index (χ0n) is 16.5. The minimum atomic E-state index is -0.322. The molecule has 2 aromatic carbocycles. The van der Waals surface area contributed by atoms with Crippen LogP contribution in [0.25, 0.3) is 0 Å². The molecule has 2 aromatic rings. The van der Waals surface area contributed by atoms with Crippen molar-refractivity contribution in [2.75, 3.05) is 27.3 Å². The van der Waals surface area contributed by atoms with Crippen LogP contribution in [0.5, 0.6) is 5.75 Å². The largest absolute Gasteiger partial charge is 0.496 e. The summed E-state index contributed by atoms with van der Waals surface area (Å²) in [5.74, 6) is 1.27. The van der Waals surface area contributed by atoms with Crippen LogP contribution >= 0.6 is 24.0 Å². The average Bonchev–Trinajstić information content (AvgIpc) is 2.72. The molecule has 7 heteroatoms. The van der Waals surface area contributed by atoms with Crippen molar-refractivity contribution >= 4 is 35.9 Å². The number of nitrogens with one attached hydrogen (secondary N) is 2. The summed E-state index contributed by atoms with van der Waals surface area (Å²) in [6.45, 7) is 4.08. The first-order valence-corrected chi connectivity index (χ1v) is 8.99. The predicted octanol–water partition coefficient (Wildman–Crippen LogP) is 3.40. The lowest BCUT2D eigenvalue weighted by molar-refractivity contribution is 0.0600. The number of hydrogen-bond donors (Lipinski definition) is 2. The summed E-state index contributed by atoms with van der Waals surface area (Å²) in [5, 5.41) is 6.58. The molecule has 0 aromatic heterocycles. The van der Waals surface area contributed by atoms with Gasteiger partial charge in [0.25, 0.3) is 0 Å². The number of guanidine groups is 1. The van der Waals surface area contributed by atoms with E-state index in [-0.39, 0.29) is 29.9 Å². The summed E-state index contributed by atoms with van der Waals surface area (Å²) in [6, 6.07) is 15.3. The van der Waals surface area contributed by atoms with Gasteiger partial charge in [0, 0.05) is 18.7 Å². The SMILES string of the molecule is CCNC(=NCc1ccccc1OC)NCCc1ccc(C(=O)OC)cc1.I. The van der Waals surface area contributed by atoms with Gasteiger partial charge in [-0.05, 0) is 37.1 Å². The number of esters is 1. The smallest absolute Gasteiger partial charge is 0.337 e. The quantitative estimate of drug-likeness (QED) is 0.253. The molecule has 6 nitrogen and oxygen atoms in total. The lowest BCUT2D eigenvalue weighted by Gasteiger charge is -2.12. The van der Waals surface area contributed by atoms with Crippen molar-refractivity contribution < 1.29 is 14.3 Å². The van der Waals surface area contributed by atoms with Gasteiger partial charge < -0.3 is 20.1 Å². The molecule has 2 rings (SSSR count). The van der Waals surface area contributed by atoms with Crippen LogP contribution in [-0.2, 0) is 17.7 Å². The second-order valence-corrected chi connectivity index (χ2v) is 5.87. The van der Waals surface area contributed by atoms with Crippen LogP contribution in [0, 0.1) is 0 Å². The van der Waals surface area contributed by atoms with Crippen LogP contribution in [0.3, 0.4) is 0 Å². The van der Waals surface area contributed by atoms with Crippen LogP contribution in [0.2, 0.25) is 0 Å². The average molecular weight is 497 g/mol. The number of para-hydroxylation sites is 1. The van der Waals surface area contributed by atoms with Gasteiger partial charge in [-0.1, -0.05) is 30.3 Å². The molecule has 2 N–H and O–H groups in total. The van der Waals surface area contributed by atoms with Crippen LogP contribution in [-0.4, -0.2) is 39.2 Å². The third kappa shape index (κ3) is 7.38. The maximum atomic E-state index is 11.5. The van der Waals surface area contributed by atoms with Crippen LogP contribution in [0.1, 0.15) is 28.4 Å². The number of hydrogen-bond acceptors (Lipinski definition) is 4. The van der Waals surface area contributed by atoms with Crippen molar-refractivity contribution in [1.29, 1.82) is 0 Å². The minimum absolute atomic E-state index is 0. The molecule has 0 bridgehead atoms. The van der Waals surface area contributed by atoms with Gasteiger partial charge in [-0.25, -0.2) is 9.79 Å². The van der Waals surface area contributed by atoms with E-state index in [1.165, 1.54) is 7.11 Å². The Labute approximate surface area is 183 Å². The monoisotopic (exact) mass is 497 g/mol. The topological polar surface area (TPSA) is 72.0 Å². The molecule has 0 amide bonds. The highest BCUT2D eigenvalue weighted by atomic mass is 127. The number of benzene rings is 2. The number of nitrogens with zero attached hydrogens (tertiary/aromatic N) is 1. The van der Waals surface area contributed by atoms with E-state index in [4.69, 9.17) is 9.47 Å². The fourth-order valence-corrected chi connectivity index (χ4v) is 2.59. The second kappa shape index (κ2) is 13.0. The van der Waals surface area contributed by atoms with Crippen LogP contribution in [0.4, 0.5) is 0 Å². The maximum Gasteiger partial charge on any atom is 0.337 e. The summed E-state index contributed by atoms with van der Waals surface area (Å²) >= 11 is 0. The summed E-state index contributed by atoms with van der Waals surface area (Å²) in [6.07, 6.45) is 0.820. The fraction of sp³-hybridized carbons (Fsp3) is 0.333. The number of aliphatic imine (C=N–C) groups is 1. The molecule has 0 atom stereocenters. The van der Waals surface area contributed by atoms with Crippen molar-refractivity contribution in [1.82, 2.24) is 10.6 Å². The van der Waals surface area contributed by atoms with Crippen molar-refractivity contribution in [3.8, 4) is 5.75 Å². The molecular weight excluding hydrogens is 469 g/mol. The lowest BCUT2D eigenvalue weighted by atomic mass is 10.1. The van der Waals surface area contributed by atoms with E-state index >= 15 is 0 Å². The lowest BCUT2D eigenvalue weighted by Crippen LogP contribution is -2.38. The third-order valence-electron chi connectivity index (χ3n) is 4.03. The van der Waals surface area contributed by atoms with Gasteiger partial charge >= 0.3 is 5.97 Å². The number of carbonyl (C=O) groups is 1. The van der Waals surface area contributed by atoms with E-state index in [9.17, 15) is 4.79 Å². The highest BCUT2D eigenvalue weighted by molar-refractivity contribution is 14.0. The van der Waals surface area contributed by atoms with Crippen LogP contribution in [0.15, 0.2) is 53.5 Å². The van der Waals surface area contributed by atoms with E-state index in [1.54, 1.807) is 19.2 Å². The number of ether oxygens (including phenoxy) is 2. The molecule has 28 heavy (non-hydrogen) atoms. The number of methoxy groups -OCH3 is 2. The molecule has 0 aliphatic rings. The third-order valence-corrected chi connectivity index (χ3v) is 4.03. The molecular formula is C21H28IN3O3. The number of carbonyl (C=O) groups excluding carboxylic acids is 1. The van der Waals surface area contributed by atoms with Gasteiger partial charge in [-0.2, -0.15) is 0 Å². The zero-order chi connectivity index (χ0) is 19.5. The van der Waals surface area contributed by atoms with E-state index in [2.05, 4.69) is 15.6 Å². The second-order valence-electron chi connectivity index (χ2n) is 5.87. The van der Waals surface area contributed by atoms with E-state index in [0.717, 1.165) is 42.3 Å². The first-order valence-electron chi connectivity index (χ1n) is 8.99. The summed E-state index contributed by atoms with van der Waals surface area (Å²) < 4.78 is 10.1. The Balaban J connectivity index is 0.00000392. The van der Waals surface area contributed by atoms with Gasteiger partial charge in [0.2, 0.25) is 0 Å². The molecule has 0 unspecified atom stereocenters. The molecule has 0 spiro atoms. The Hall–Kier alpha value is -2.29. The standard InChI is InChI=1S/C21H27N3O3.HI/c1-4-22-21(24-15-18-7-5-6-8-19(18)26-2)23-14-13-16-9-11-17(12-10-16)20(25)27-3;/h5-12H,4,13-15H2,1-3H3,(H2,22,23,24);1H. The van der Waals surface area contributed by atoms with Gasteiger partial charge in [0.1, 0.15) is 5.75 Å². The Kier molecular flexibility index (Phi) is 11.0. The molecule has 0 aliphatic heterocycles. The predicted molar refractivity (Wildman–Crippen MR) is 123 cm³/mol. The summed E-state index contributed by atoms with van der Waals surface area (Å²) in [5.41, 5.74) is 2.73. The highest BCUT2D eigenvalue weighted by Gasteiger charge is 2.05. The Morgan fingerprint density at radius 1 is 1.04 bits per heavy atom. The number of halogens is 1. The Bertz CT molecular complexity index is 764. The van der Waals surface area contributed by atoms with E-state index in [0.29, 0.717) is 12.1 Å². The molecule has 0 radical (unpaired) electrons. The Morgan fingerprint density at radius 2 is 1.75 bits per heavy atom. The van der Waals surface area contributed by atoms with Crippen molar-refractivity contribution in [2.24, 2.45) is 4.99 Å². The maximum absolute atomic E-state index is 11.5. The normalized spacial score (nSPS) is 10.6. The fourth-order valence-electron chi connectivity index (χ4n) is 2.59. The molecule has 0 aliphatic carbocycles. The van der Waals surface area contributed by atoms with Gasteiger partial charge in [-0.3, -0.25) is 0 Å². The van der Waals surface area contributed by atoms with Crippen molar-refractivity contribution in [2.45, 2.75) is 19.9 Å². The zero-order valence-corrected chi connectivity index (χ0v) is 18.9. The number of rotatable bonds is 8. The summed E-state index contributed by atoms with van der Waals surface area (Å²) in [7, 11) is 3.05.